The van der Waals surface area contributed by atoms with E-state index in [0.717, 1.165) is 5.69 Å². The molecule has 0 aliphatic carbocycles. The van der Waals surface area contributed by atoms with Gasteiger partial charge in [0.2, 0.25) is 0 Å². The minimum absolute atomic E-state index is 0.116. The number of nitrogens with two attached hydrogens (primary N) is 1. The molecule has 1 aromatic heterocycles. The molecule has 0 saturated heterocycles. The number of benzene rings is 1. The Morgan fingerprint density at radius 3 is 2.95 bits per heavy atom. The highest BCUT2D eigenvalue weighted by Gasteiger charge is 2.17. The fraction of sp³-hybridized carbons (Fsp3) is 0.273. The average Bonchev–Trinajstić information content (AvgIpc) is 2.86. The molecule has 0 radical (unpaired) electrons. The largest absolute Gasteiger partial charge is 0.490 e. The van der Waals surface area contributed by atoms with Gasteiger partial charge in [0.05, 0.1) is 29.6 Å². The molecule has 1 heterocycles. The van der Waals surface area contributed by atoms with Gasteiger partial charge in [-0.15, -0.1) is 5.10 Å². The fourth-order valence-corrected chi connectivity index (χ4v) is 1.74. The van der Waals surface area contributed by atoms with Crippen LogP contribution < -0.4 is 10.5 Å². The summed E-state index contributed by atoms with van der Waals surface area (Å²) in [6.45, 7) is 0.450. The van der Waals surface area contributed by atoms with Gasteiger partial charge < -0.3 is 10.5 Å². The molecule has 19 heavy (non-hydrogen) atoms. The van der Waals surface area contributed by atoms with Crippen LogP contribution in [-0.2, 0) is 6.42 Å². The summed E-state index contributed by atoms with van der Waals surface area (Å²) in [5.41, 5.74) is 6.72. The Morgan fingerprint density at radius 1 is 1.53 bits per heavy atom. The van der Waals surface area contributed by atoms with Crippen molar-refractivity contribution in [1.29, 1.82) is 0 Å². The van der Waals surface area contributed by atoms with Gasteiger partial charge in [-0.1, -0.05) is 5.21 Å². The van der Waals surface area contributed by atoms with Crippen LogP contribution in [-0.4, -0.2) is 33.6 Å². The summed E-state index contributed by atoms with van der Waals surface area (Å²) in [4.78, 5) is 10.5. The molecule has 0 aliphatic rings. The maximum atomic E-state index is 11.0. The second-order valence-corrected chi connectivity index (χ2v) is 3.79. The number of rotatable bonds is 5. The van der Waals surface area contributed by atoms with Crippen LogP contribution >= 0.6 is 0 Å². The average molecular weight is 263 g/mol. The van der Waals surface area contributed by atoms with E-state index in [1.165, 1.54) is 23.9 Å². The lowest BCUT2D eigenvalue weighted by Gasteiger charge is -2.07. The molecule has 100 valence electrons. The molecule has 0 spiro atoms. The maximum Gasteiger partial charge on any atom is 0.313 e. The summed E-state index contributed by atoms with van der Waals surface area (Å²) in [6.07, 6.45) is 2.18. The van der Waals surface area contributed by atoms with Crippen LogP contribution in [0.25, 0.3) is 5.69 Å². The van der Waals surface area contributed by atoms with E-state index in [2.05, 4.69) is 10.3 Å². The monoisotopic (exact) mass is 263 g/mol. The van der Waals surface area contributed by atoms with Crippen LogP contribution in [0.4, 0.5) is 5.69 Å². The lowest BCUT2D eigenvalue weighted by Crippen LogP contribution is -2.09. The third kappa shape index (κ3) is 2.52. The van der Waals surface area contributed by atoms with E-state index >= 15 is 0 Å². The van der Waals surface area contributed by atoms with Gasteiger partial charge in [-0.25, -0.2) is 4.68 Å². The van der Waals surface area contributed by atoms with Crippen molar-refractivity contribution >= 4 is 5.69 Å². The van der Waals surface area contributed by atoms with Crippen molar-refractivity contribution in [2.45, 2.75) is 6.42 Å². The van der Waals surface area contributed by atoms with Gasteiger partial charge in [0.25, 0.3) is 0 Å². The van der Waals surface area contributed by atoms with Gasteiger partial charge >= 0.3 is 5.69 Å². The molecule has 0 fully saturated rings. The Bertz CT molecular complexity index is 596. The van der Waals surface area contributed by atoms with Gasteiger partial charge in [-0.3, -0.25) is 10.1 Å². The van der Waals surface area contributed by atoms with Gasteiger partial charge in [0, 0.05) is 12.5 Å². The van der Waals surface area contributed by atoms with E-state index in [1.807, 2.05) is 0 Å². The molecule has 0 unspecified atom stereocenters. The number of methoxy groups -OCH3 is 1. The Morgan fingerprint density at radius 2 is 2.32 bits per heavy atom. The lowest BCUT2D eigenvalue weighted by molar-refractivity contribution is -0.385. The van der Waals surface area contributed by atoms with Crippen molar-refractivity contribution in [2.24, 2.45) is 5.73 Å². The van der Waals surface area contributed by atoms with E-state index in [4.69, 9.17) is 10.5 Å². The molecule has 2 N–H and O–H groups in total. The molecule has 0 aliphatic heterocycles. The lowest BCUT2D eigenvalue weighted by atomic mass is 10.2. The Balaban J connectivity index is 2.48. The normalized spacial score (nSPS) is 10.4. The first-order valence-corrected chi connectivity index (χ1v) is 5.60. The van der Waals surface area contributed by atoms with Crippen LogP contribution in [0.1, 0.15) is 5.69 Å². The number of nitrogens with zero attached hydrogens (tertiary/aromatic N) is 4. The predicted molar refractivity (Wildman–Crippen MR) is 67.3 cm³/mol. The molecular weight excluding hydrogens is 250 g/mol. The van der Waals surface area contributed by atoms with Crippen molar-refractivity contribution in [3.05, 3.63) is 40.2 Å². The van der Waals surface area contributed by atoms with Crippen molar-refractivity contribution in [2.75, 3.05) is 13.7 Å². The van der Waals surface area contributed by atoms with Gasteiger partial charge in [0.1, 0.15) is 0 Å². The van der Waals surface area contributed by atoms with E-state index < -0.39 is 4.92 Å². The molecule has 1 aromatic carbocycles. The third-order valence-corrected chi connectivity index (χ3v) is 2.62. The summed E-state index contributed by atoms with van der Waals surface area (Å²) >= 11 is 0. The van der Waals surface area contributed by atoms with E-state index in [1.54, 1.807) is 12.3 Å². The first-order chi connectivity index (χ1) is 9.17. The molecule has 0 atom stereocenters. The second kappa shape index (κ2) is 5.44. The third-order valence-electron chi connectivity index (χ3n) is 2.62. The second-order valence-electron chi connectivity index (χ2n) is 3.79. The van der Waals surface area contributed by atoms with Gasteiger partial charge in [-0.2, -0.15) is 0 Å². The van der Waals surface area contributed by atoms with E-state index in [0.29, 0.717) is 18.7 Å². The van der Waals surface area contributed by atoms with Crippen LogP contribution in [0.2, 0.25) is 0 Å². The molecule has 0 amide bonds. The van der Waals surface area contributed by atoms with Crippen molar-refractivity contribution in [3.63, 3.8) is 0 Å². The molecular formula is C11H13N5O3. The highest BCUT2D eigenvalue weighted by atomic mass is 16.6. The zero-order chi connectivity index (χ0) is 13.8. The van der Waals surface area contributed by atoms with Crippen molar-refractivity contribution in [1.82, 2.24) is 15.0 Å². The number of hydrogen-bond acceptors (Lipinski definition) is 6. The van der Waals surface area contributed by atoms with Crippen LogP contribution in [0.15, 0.2) is 24.4 Å². The molecule has 2 rings (SSSR count). The van der Waals surface area contributed by atoms with Crippen molar-refractivity contribution < 1.29 is 9.66 Å². The summed E-state index contributed by atoms with van der Waals surface area (Å²) < 4.78 is 6.48. The van der Waals surface area contributed by atoms with Crippen LogP contribution in [0.3, 0.4) is 0 Å². The Kier molecular flexibility index (Phi) is 3.71. The first kappa shape index (κ1) is 13.0. The zero-order valence-corrected chi connectivity index (χ0v) is 10.3. The maximum absolute atomic E-state index is 11.0. The van der Waals surface area contributed by atoms with Gasteiger partial charge in [-0.05, 0) is 18.7 Å². The van der Waals surface area contributed by atoms with Crippen molar-refractivity contribution in [3.8, 4) is 11.4 Å². The molecule has 0 bridgehead atoms. The molecule has 8 heteroatoms. The summed E-state index contributed by atoms with van der Waals surface area (Å²) in [6, 6.07) is 4.61. The summed E-state index contributed by atoms with van der Waals surface area (Å²) in [5.74, 6) is 0.203. The molecule has 8 nitrogen and oxygen atoms in total. The summed E-state index contributed by atoms with van der Waals surface area (Å²) in [7, 11) is 1.39. The number of nitro groups is 1. The zero-order valence-electron chi connectivity index (χ0n) is 10.3. The number of ether oxygens (including phenoxy) is 1. The first-order valence-electron chi connectivity index (χ1n) is 5.60. The highest BCUT2D eigenvalue weighted by Crippen LogP contribution is 2.29. The Hall–Kier alpha value is -2.48. The predicted octanol–water partition coefficient (Wildman–Crippen LogP) is 0.685. The van der Waals surface area contributed by atoms with E-state index in [-0.39, 0.29) is 11.4 Å². The topological polar surface area (TPSA) is 109 Å². The number of aromatic nitrogens is 3. The standard InChI is InChI=1S/C11H13N5O3/c1-19-11-3-2-8(6-10(11)16(17)18)15-9(4-5-12)7-13-14-15/h2-3,6-7H,4-5,12H2,1H3. The number of nitro benzene ring substituents is 1. The highest BCUT2D eigenvalue weighted by molar-refractivity contribution is 5.53. The molecule has 2 aromatic rings. The SMILES string of the molecule is COc1ccc(-n2nncc2CCN)cc1[N+](=O)[O-]. The van der Waals surface area contributed by atoms with Crippen LogP contribution in [0, 0.1) is 10.1 Å². The number of hydrogen-bond donors (Lipinski definition) is 1. The fourth-order valence-electron chi connectivity index (χ4n) is 1.74. The van der Waals surface area contributed by atoms with Gasteiger partial charge in [0.15, 0.2) is 5.75 Å². The minimum Gasteiger partial charge on any atom is -0.490 e. The van der Waals surface area contributed by atoms with Crippen LogP contribution in [0.5, 0.6) is 5.75 Å². The summed E-state index contributed by atoms with van der Waals surface area (Å²) in [5, 5.41) is 18.7. The minimum atomic E-state index is -0.498. The molecule has 0 saturated carbocycles. The quantitative estimate of drug-likeness (QED) is 0.627. The van der Waals surface area contributed by atoms with E-state index in [9.17, 15) is 10.1 Å². The Labute approximate surface area is 108 Å². The smallest absolute Gasteiger partial charge is 0.313 e.